The smallest absolute Gasteiger partial charge is 0.277 e. The van der Waals surface area contributed by atoms with Crippen molar-refractivity contribution in [3.8, 4) is 22.9 Å². The van der Waals surface area contributed by atoms with Gasteiger partial charge < -0.3 is 4.74 Å². The summed E-state index contributed by atoms with van der Waals surface area (Å²) in [4.78, 5) is 12.0. The van der Waals surface area contributed by atoms with E-state index in [4.69, 9.17) is 10.00 Å². The molecule has 0 aliphatic heterocycles. The van der Waals surface area contributed by atoms with Gasteiger partial charge in [0.25, 0.3) is 5.91 Å². The molecule has 5 heteroatoms. The highest BCUT2D eigenvalue weighted by molar-refractivity contribution is 5.83. The van der Waals surface area contributed by atoms with E-state index in [0.29, 0.717) is 11.3 Å². The highest BCUT2D eigenvalue weighted by Crippen LogP contribution is 2.23. The summed E-state index contributed by atoms with van der Waals surface area (Å²) in [5.74, 6) is 0.257. The number of carbonyl (C=O) groups is 1. The van der Waals surface area contributed by atoms with Crippen LogP contribution in [0.25, 0.3) is 11.1 Å². The number of hydrogen-bond donors (Lipinski definition) is 1. The lowest BCUT2D eigenvalue weighted by Crippen LogP contribution is -2.24. The standard InChI is InChI=1S/C26H25N3O2/c1-26(2,3)23-12-6-20(7-13-23)17-28-29-25(30)18-31-24-14-10-22(11-15-24)21-8-4-19(16-27)5-9-21/h4-15,17H,18H2,1-3H3,(H,29,30)/b28-17+. The Morgan fingerprint density at radius 2 is 1.55 bits per heavy atom. The van der Waals surface area contributed by atoms with Crippen molar-refractivity contribution in [1.82, 2.24) is 5.43 Å². The van der Waals surface area contributed by atoms with E-state index in [1.807, 2.05) is 36.4 Å². The normalized spacial score (nSPS) is 11.2. The Hall–Kier alpha value is -3.91. The second kappa shape index (κ2) is 9.73. The fraction of sp³-hybridized carbons (Fsp3) is 0.192. The van der Waals surface area contributed by atoms with Crippen LogP contribution in [0.1, 0.15) is 37.5 Å². The Morgan fingerprint density at radius 1 is 0.968 bits per heavy atom. The second-order valence-electron chi connectivity index (χ2n) is 8.17. The van der Waals surface area contributed by atoms with Crippen molar-refractivity contribution in [2.24, 2.45) is 5.10 Å². The molecule has 0 aliphatic rings. The zero-order chi connectivity index (χ0) is 22.3. The number of hydrogen-bond acceptors (Lipinski definition) is 4. The van der Waals surface area contributed by atoms with Crippen LogP contribution in [0.5, 0.6) is 5.75 Å². The molecule has 0 bridgehead atoms. The fourth-order valence-electron chi connectivity index (χ4n) is 2.91. The van der Waals surface area contributed by atoms with Gasteiger partial charge >= 0.3 is 0 Å². The second-order valence-corrected chi connectivity index (χ2v) is 8.17. The summed E-state index contributed by atoms with van der Waals surface area (Å²) in [6.45, 7) is 6.36. The molecule has 31 heavy (non-hydrogen) atoms. The third-order valence-electron chi connectivity index (χ3n) is 4.75. The summed E-state index contributed by atoms with van der Waals surface area (Å²) in [5.41, 5.74) is 7.36. The Balaban J connectivity index is 1.48. The molecule has 0 spiro atoms. The van der Waals surface area contributed by atoms with Crippen LogP contribution in [0.2, 0.25) is 0 Å². The van der Waals surface area contributed by atoms with E-state index in [0.717, 1.165) is 16.7 Å². The maximum absolute atomic E-state index is 12.0. The van der Waals surface area contributed by atoms with Crippen LogP contribution in [0.4, 0.5) is 0 Å². The molecular formula is C26H25N3O2. The Bertz CT molecular complexity index is 1090. The molecule has 0 unspecified atom stereocenters. The van der Waals surface area contributed by atoms with Gasteiger partial charge in [-0.15, -0.1) is 0 Å². The van der Waals surface area contributed by atoms with Gasteiger partial charge in [0.1, 0.15) is 5.75 Å². The SMILES string of the molecule is CC(C)(C)c1ccc(/C=N/NC(=O)COc2ccc(-c3ccc(C#N)cc3)cc2)cc1. The van der Waals surface area contributed by atoms with Gasteiger partial charge in [0.15, 0.2) is 6.61 Å². The average molecular weight is 412 g/mol. The van der Waals surface area contributed by atoms with Gasteiger partial charge in [-0.2, -0.15) is 10.4 Å². The van der Waals surface area contributed by atoms with Crippen molar-refractivity contribution in [3.05, 3.63) is 89.5 Å². The summed E-state index contributed by atoms with van der Waals surface area (Å²) in [6.07, 6.45) is 1.61. The molecule has 0 aromatic heterocycles. The predicted octanol–water partition coefficient (Wildman–Crippen LogP) is 5.05. The third-order valence-corrected chi connectivity index (χ3v) is 4.75. The molecule has 5 nitrogen and oxygen atoms in total. The third kappa shape index (κ3) is 6.28. The highest BCUT2D eigenvalue weighted by atomic mass is 16.5. The van der Waals surface area contributed by atoms with Crippen molar-refractivity contribution < 1.29 is 9.53 Å². The molecule has 156 valence electrons. The molecule has 3 aromatic rings. The summed E-state index contributed by atoms with van der Waals surface area (Å²) >= 11 is 0. The van der Waals surface area contributed by atoms with Gasteiger partial charge in [0.2, 0.25) is 0 Å². The molecule has 0 aliphatic carbocycles. The van der Waals surface area contributed by atoms with Gasteiger partial charge in [-0.25, -0.2) is 5.43 Å². The molecule has 0 saturated heterocycles. The number of carbonyl (C=O) groups excluding carboxylic acids is 1. The summed E-state index contributed by atoms with van der Waals surface area (Å²) in [6, 6.07) is 25.0. The lowest BCUT2D eigenvalue weighted by Gasteiger charge is -2.18. The molecular weight excluding hydrogens is 386 g/mol. The number of ether oxygens (including phenoxy) is 1. The molecule has 0 saturated carbocycles. The minimum Gasteiger partial charge on any atom is -0.484 e. The molecule has 3 aromatic carbocycles. The maximum Gasteiger partial charge on any atom is 0.277 e. The van der Waals surface area contributed by atoms with Crippen molar-refractivity contribution in [1.29, 1.82) is 5.26 Å². The monoisotopic (exact) mass is 411 g/mol. The van der Waals surface area contributed by atoms with Crippen molar-refractivity contribution >= 4 is 12.1 Å². The Morgan fingerprint density at radius 3 is 2.10 bits per heavy atom. The first-order valence-corrected chi connectivity index (χ1v) is 10.0. The zero-order valence-corrected chi connectivity index (χ0v) is 17.9. The topological polar surface area (TPSA) is 74.5 Å². The van der Waals surface area contributed by atoms with Crippen molar-refractivity contribution in [2.45, 2.75) is 26.2 Å². The van der Waals surface area contributed by atoms with E-state index in [9.17, 15) is 4.79 Å². The number of hydrazone groups is 1. The van der Waals surface area contributed by atoms with Crippen LogP contribution in [-0.2, 0) is 10.2 Å². The number of nitrogens with zero attached hydrogens (tertiary/aromatic N) is 2. The van der Waals surface area contributed by atoms with Gasteiger partial charge in [-0.3, -0.25) is 4.79 Å². The lowest BCUT2D eigenvalue weighted by atomic mass is 9.87. The molecule has 0 heterocycles. The van der Waals surface area contributed by atoms with Crippen molar-refractivity contribution in [3.63, 3.8) is 0 Å². The predicted molar refractivity (Wildman–Crippen MR) is 123 cm³/mol. The van der Waals surface area contributed by atoms with E-state index >= 15 is 0 Å². The molecule has 3 rings (SSSR count). The number of nitriles is 1. The van der Waals surface area contributed by atoms with E-state index < -0.39 is 0 Å². The van der Waals surface area contributed by atoms with E-state index in [2.05, 4.69) is 49.5 Å². The molecule has 1 N–H and O–H groups in total. The van der Waals surface area contributed by atoms with Crippen LogP contribution in [0, 0.1) is 11.3 Å². The first-order chi connectivity index (χ1) is 14.8. The summed E-state index contributed by atoms with van der Waals surface area (Å²) in [5, 5.41) is 12.9. The van der Waals surface area contributed by atoms with Crippen LogP contribution in [-0.4, -0.2) is 18.7 Å². The number of nitrogens with one attached hydrogen (secondary N) is 1. The van der Waals surface area contributed by atoms with Gasteiger partial charge in [0.05, 0.1) is 17.8 Å². The quantitative estimate of drug-likeness (QED) is 0.455. The first-order valence-electron chi connectivity index (χ1n) is 10.0. The average Bonchev–Trinajstić information content (AvgIpc) is 2.78. The van der Waals surface area contributed by atoms with Gasteiger partial charge in [-0.1, -0.05) is 69.3 Å². The van der Waals surface area contributed by atoms with Crippen molar-refractivity contribution in [2.75, 3.05) is 6.61 Å². The largest absolute Gasteiger partial charge is 0.484 e. The van der Waals surface area contributed by atoms with E-state index in [-0.39, 0.29) is 17.9 Å². The minimum atomic E-state index is -0.335. The molecule has 1 amide bonds. The molecule has 0 atom stereocenters. The first kappa shape index (κ1) is 21.8. The number of benzene rings is 3. The van der Waals surface area contributed by atoms with E-state index in [1.54, 1.807) is 30.5 Å². The molecule has 0 fully saturated rings. The van der Waals surface area contributed by atoms with Gasteiger partial charge in [0, 0.05) is 0 Å². The van der Waals surface area contributed by atoms with Crippen LogP contribution < -0.4 is 10.2 Å². The summed E-state index contributed by atoms with van der Waals surface area (Å²) in [7, 11) is 0. The van der Waals surface area contributed by atoms with Gasteiger partial charge in [-0.05, 0) is 51.9 Å². The van der Waals surface area contributed by atoms with Crippen LogP contribution >= 0.6 is 0 Å². The zero-order valence-electron chi connectivity index (χ0n) is 17.9. The Kier molecular flexibility index (Phi) is 6.84. The van der Waals surface area contributed by atoms with Crippen LogP contribution in [0.3, 0.4) is 0 Å². The van der Waals surface area contributed by atoms with Crippen LogP contribution in [0.15, 0.2) is 77.9 Å². The lowest BCUT2D eigenvalue weighted by molar-refractivity contribution is -0.123. The molecule has 0 radical (unpaired) electrons. The summed E-state index contributed by atoms with van der Waals surface area (Å²) < 4.78 is 5.52. The van der Waals surface area contributed by atoms with E-state index in [1.165, 1.54) is 5.56 Å². The minimum absolute atomic E-state index is 0.0987. The Labute approximate surface area is 183 Å². The fourth-order valence-corrected chi connectivity index (χ4v) is 2.91. The highest BCUT2D eigenvalue weighted by Gasteiger charge is 2.12. The number of amides is 1. The maximum atomic E-state index is 12.0. The number of rotatable bonds is 6.